The number of H-pyrrole nitrogens is 1. The van der Waals surface area contributed by atoms with Crippen LogP contribution in [-0.2, 0) is 110 Å². The Hall–Kier alpha value is -8.54. The minimum atomic E-state index is -3.26. The molecule has 3 unspecified atom stereocenters. The van der Waals surface area contributed by atoms with Crippen LogP contribution >= 0.6 is 0 Å². The summed E-state index contributed by atoms with van der Waals surface area (Å²) in [6.45, 7) is 16.3. The number of epoxide rings is 2. The molecule has 0 saturated carbocycles. The Kier molecular flexibility index (Phi) is 18.1. The molecule has 9 aromatic carbocycles. The molecule has 8 aliphatic rings. The predicted molar refractivity (Wildman–Crippen MR) is 392 cm³/mol. The first-order valence-electron chi connectivity index (χ1n) is 35.1. The molecule has 5 aliphatic heterocycles. The quantitative estimate of drug-likeness (QED) is 0.0346. The van der Waals surface area contributed by atoms with Crippen LogP contribution in [0.2, 0.25) is 0 Å². The first kappa shape index (κ1) is 67.9. The summed E-state index contributed by atoms with van der Waals surface area (Å²) in [5.41, 5.74) is 30.8. The average Bonchev–Trinajstić information content (AvgIpc) is 1.55. The van der Waals surface area contributed by atoms with Crippen molar-refractivity contribution in [2.45, 2.75) is 118 Å². The summed E-state index contributed by atoms with van der Waals surface area (Å²) in [4.78, 5) is 42.6. The number of aliphatic hydroxyl groups excluding tert-OH is 1. The number of carbonyl (C=O) groups excluding carboxylic acids is 3. The van der Waals surface area contributed by atoms with Crippen molar-refractivity contribution >= 4 is 93.3 Å². The van der Waals surface area contributed by atoms with Gasteiger partial charge in [-0.2, -0.15) is 8.42 Å². The number of aromatic nitrogens is 3. The zero-order valence-electron chi connectivity index (χ0n) is 59.1. The number of amides is 3. The standard InChI is InChI=1S/C27H24N2O3.C27H26N2O3.C24H20N2O2.C4H8O4S.Na.H/c1-2-31-13-15-7-8-22-19(9-15)24-21-11-28-27(30)25(21)23-18-6-4-3-5-16(18)10-20(23)26(24)29(22)12-17-14-32-17;1-3-32-14-16-8-9-22-19(10-16)24-21-12-28-27(31)25(21)23-18-7-5-4-6-17(18)11-20(23)26(24)29(22)13-15(2)30;1-2-28-12-13-7-8-19-16(9-13)21-18-11-25-24(27)22(18)20-15-6-4-3-5-14(15)10-17(20)23(21)26-19;1-9(5,6)8-3-4-2-7-4;;/h3-9,17H,2,10-14H2,1H3,(H,28,30);4-10,15,30H,3,11-14H2,1-2H3,(H,28,31);3-9,26H,2,10-12H2,1H3,(H,25,27);4H,2-3H2,1H3;;/q;;;;+1;-1. The number of benzene rings is 9. The van der Waals surface area contributed by atoms with Crippen molar-refractivity contribution in [3.63, 3.8) is 0 Å². The minimum absolute atomic E-state index is 0. The second-order valence-corrected chi connectivity index (χ2v) is 29.1. The van der Waals surface area contributed by atoms with Gasteiger partial charge in [-0.1, -0.05) is 91.0 Å². The Balaban J connectivity index is 0.000000116. The van der Waals surface area contributed by atoms with Gasteiger partial charge in [0.15, 0.2) is 0 Å². The average molecular weight is 1400 g/mol. The molecule has 0 spiro atoms. The monoisotopic (exact) mass is 1390 g/mol. The van der Waals surface area contributed by atoms with E-state index in [4.69, 9.17) is 23.7 Å². The molecule has 12 aromatic rings. The summed E-state index contributed by atoms with van der Waals surface area (Å²) < 4.78 is 57.0. The van der Waals surface area contributed by atoms with Gasteiger partial charge in [0.2, 0.25) is 0 Å². The Labute approximate surface area is 613 Å². The smallest absolute Gasteiger partial charge is 1.00 e. The summed E-state index contributed by atoms with van der Waals surface area (Å²) >= 11 is 0. The molecule has 3 atom stereocenters. The zero-order chi connectivity index (χ0) is 69.1. The van der Waals surface area contributed by atoms with Gasteiger partial charge >= 0.3 is 29.6 Å². The first-order valence-corrected chi connectivity index (χ1v) is 36.9. The van der Waals surface area contributed by atoms with Crippen LogP contribution in [-0.4, -0.2) is 110 Å². The van der Waals surface area contributed by atoms with Gasteiger partial charge in [0, 0.05) is 131 Å². The van der Waals surface area contributed by atoms with Crippen molar-refractivity contribution in [3.8, 4) is 33.4 Å². The molecule has 2 fully saturated rings. The van der Waals surface area contributed by atoms with Crippen molar-refractivity contribution in [1.29, 1.82) is 0 Å². The van der Waals surface area contributed by atoms with Crippen molar-refractivity contribution in [2.75, 3.05) is 45.9 Å². The molecule has 3 amide bonds. The van der Waals surface area contributed by atoms with Gasteiger partial charge < -0.3 is 60.3 Å². The third-order valence-electron chi connectivity index (χ3n) is 20.9. The number of carbonyl (C=O) groups is 3. The Morgan fingerprint density at radius 3 is 1.39 bits per heavy atom. The van der Waals surface area contributed by atoms with E-state index in [1.807, 2.05) is 33.8 Å². The van der Waals surface area contributed by atoms with E-state index in [0.29, 0.717) is 72.4 Å². The molecule has 8 heterocycles. The Morgan fingerprint density at radius 1 is 0.529 bits per heavy atom. The number of ether oxygens (including phenoxy) is 5. The maximum Gasteiger partial charge on any atom is 1.00 e. The van der Waals surface area contributed by atoms with Crippen LogP contribution in [0.25, 0.3) is 98.8 Å². The molecule has 3 aliphatic carbocycles. The molecule has 20 heteroatoms. The number of nitrogens with one attached hydrogen (secondary N) is 4. The van der Waals surface area contributed by atoms with Crippen LogP contribution < -0.4 is 45.5 Å². The fourth-order valence-corrected chi connectivity index (χ4v) is 17.0. The number of nitrogens with zero attached hydrogens (tertiary/aromatic N) is 2. The largest absolute Gasteiger partial charge is 1.00 e. The normalized spacial score (nSPS) is 16.7. The van der Waals surface area contributed by atoms with Crippen LogP contribution in [0, 0.1) is 0 Å². The minimum Gasteiger partial charge on any atom is -1.00 e. The maximum absolute atomic E-state index is 13.1. The molecule has 102 heavy (non-hydrogen) atoms. The van der Waals surface area contributed by atoms with E-state index < -0.39 is 16.2 Å². The number of fused-ring (bicyclic) bond motifs is 30. The number of aliphatic hydroxyl groups is 1. The second kappa shape index (κ2) is 27.3. The number of rotatable bonds is 16. The second-order valence-electron chi connectivity index (χ2n) is 27.5. The molecule has 3 aromatic heterocycles. The van der Waals surface area contributed by atoms with Crippen LogP contribution in [0.1, 0.15) is 127 Å². The maximum atomic E-state index is 13.1. The topological polar surface area (TPSA) is 229 Å². The fourth-order valence-electron chi connectivity index (χ4n) is 16.6. The summed E-state index contributed by atoms with van der Waals surface area (Å²) in [6, 6.07) is 44.9. The zero-order valence-corrected chi connectivity index (χ0v) is 60.9. The third-order valence-corrected chi connectivity index (χ3v) is 21.5. The van der Waals surface area contributed by atoms with Crippen LogP contribution in [0.5, 0.6) is 0 Å². The van der Waals surface area contributed by atoms with Gasteiger partial charge in [0.25, 0.3) is 27.8 Å². The molecule has 2 saturated heterocycles. The van der Waals surface area contributed by atoms with E-state index in [0.717, 1.165) is 138 Å². The number of hydrogen-bond donors (Lipinski definition) is 5. The fraction of sp³-hybridized carbons (Fsp3) is 0.305. The summed E-state index contributed by atoms with van der Waals surface area (Å²) in [5, 5.41) is 26.7. The van der Waals surface area contributed by atoms with Crippen molar-refractivity contribution in [1.82, 2.24) is 30.1 Å². The van der Waals surface area contributed by atoms with Crippen molar-refractivity contribution in [3.05, 3.63) is 211 Å². The Bertz CT molecular complexity index is 5400. The number of aromatic amines is 1. The molecule has 516 valence electrons. The van der Waals surface area contributed by atoms with E-state index in [1.54, 1.807) is 0 Å². The van der Waals surface area contributed by atoms with E-state index in [2.05, 4.69) is 156 Å². The first-order chi connectivity index (χ1) is 49.2. The van der Waals surface area contributed by atoms with Gasteiger partial charge in [0.05, 0.1) is 97.9 Å². The van der Waals surface area contributed by atoms with Crippen molar-refractivity contribution < 1.29 is 86.8 Å². The van der Waals surface area contributed by atoms with Crippen LogP contribution in [0.15, 0.2) is 127 Å². The molecule has 5 N–H and O–H groups in total. The SMILES string of the molecule is CCOCc1ccc2[nH]c3c4c(c5c(c3c2c1)CNC5=O)-c1ccccc1C4.CCOCc1ccc2c(c1)c1c3c(c4c(c1n2CC(C)O)Cc1ccccc1-4)C(=O)NC3.CCOCc1ccc2c(c1)c1c3c(c4c(c1n2CC1CO1)Cc1ccccc1-4)C(=O)NC3.CS(=O)(=O)OCC1CO1.[H-].[Na+]. The van der Waals surface area contributed by atoms with E-state index in [-0.39, 0.29) is 67.5 Å². The molecule has 0 radical (unpaired) electrons. The summed E-state index contributed by atoms with van der Waals surface area (Å²) in [7, 11) is -3.26. The predicted octanol–water partition coefficient (Wildman–Crippen LogP) is 10.2. The van der Waals surface area contributed by atoms with Gasteiger partial charge in [-0.25, -0.2) is 0 Å². The van der Waals surface area contributed by atoms with Gasteiger partial charge in [-0.15, -0.1) is 0 Å². The third kappa shape index (κ3) is 11.9. The van der Waals surface area contributed by atoms with Gasteiger partial charge in [0.1, 0.15) is 6.10 Å². The van der Waals surface area contributed by atoms with Gasteiger partial charge in [-0.3, -0.25) is 18.6 Å². The molecule has 0 bridgehead atoms. The molecule has 20 rings (SSSR count). The van der Waals surface area contributed by atoms with Crippen LogP contribution in [0.3, 0.4) is 0 Å². The van der Waals surface area contributed by atoms with E-state index in [9.17, 15) is 27.9 Å². The van der Waals surface area contributed by atoms with Gasteiger partial charge in [-0.05, 0) is 148 Å². The summed E-state index contributed by atoms with van der Waals surface area (Å²) in [5.74, 6) is 0.105. The molecular weight excluding hydrogens is 1320 g/mol. The Morgan fingerprint density at radius 2 is 0.941 bits per heavy atom. The van der Waals surface area contributed by atoms with Crippen molar-refractivity contribution in [2.24, 2.45) is 0 Å². The molecule has 18 nitrogen and oxygen atoms in total. The van der Waals surface area contributed by atoms with E-state index >= 15 is 0 Å². The van der Waals surface area contributed by atoms with E-state index in [1.165, 1.54) is 82.6 Å². The summed E-state index contributed by atoms with van der Waals surface area (Å²) in [6.07, 6.45) is 3.34. The molecular formula is C82H79N6NaO12S. The van der Waals surface area contributed by atoms with Crippen LogP contribution in [0.4, 0.5) is 0 Å². The number of hydrogen-bond acceptors (Lipinski definition) is 12.